The van der Waals surface area contributed by atoms with Crippen molar-refractivity contribution < 1.29 is 23.1 Å². The van der Waals surface area contributed by atoms with Crippen molar-refractivity contribution in [1.82, 2.24) is 4.57 Å². The number of hydrogen-bond acceptors (Lipinski definition) is 2. The summed E-state index contributed by atoms with van der Waals surface area (Å²) in [7, 11) is 0. The van der Waals surface area contributed by atoms with Gasteiger partial charge in [-0.25, -0.2) is 4.79 Å². The van der Waals surface area contributed by atoms with Gasteiger partial charge in [-0.2, -0.15) is 13.2 Å². The molecule has 0 aromatic carbocycles. The molecule has 1 heterocycles. The van der Waals surface area contributed by atoms with Crippen LogP contribution in [0, 0.1) is 5.92 Å². The van der Waals surface area contributed by atoms with Gasteiger partial charge >= 0.3 is 12.1 Å². The first-order chi connectivity index (χ1) is 9.79. The number of pyridine rings is 1. The van der Waals surface area contributed by atoms with E-state index in [1.807, 2.05) is 0 Å². The molecule has 4 nitrogen and oxygen atoms in total. The van der Waals surface area contributed by atoms with Crippen LogP contribution >= 0.6 is 0 Å². The average Bonchev–Trinajstić information content (AvgIpc) is 2.88. The lowest BCUT2D eigenvalue weighted by Gasteiger charge is -2.20. The molecule has 1 N–H and O–H groups in total. The fraction of sp³-hybridized carbons (Fsp3) is 0.571. The van der Waals surface area contributed by atoms with Gasteiger partial charge in [0.2, 0.25) is 0 Å². The van der Waals surface area contributed by atoms with Crippen molar-refractivity contribution in [3.05, 3.63) is 34.2 Å². The molecule has 1 aliphatic rings. The Balaban J connectivity index is 2.35. The van der Waals surface area contributed by atoms with E-state index in [2.05, 4.69) is 0 Å². The maximum Gasteiger partial charge on any atom is 0.417 e. The zero-order valence-electron chi connectivity index (χ0n) is 11.3. The highest BCUT2D eigenvalue weighted by molar-refractivity contribution is 5.71. The van der Waals surface area contributed by atoms with Crippen LogP contribution in [0.1, 0.15) is 43.7 Å². The summed E-state index contributed by atoms with van der Waals surface area (Å²) in [6.45, 7) is 0. The monoisotopic (exact) mass is 303 g/mol. The summed E-state index contributed by atoms with van der Waals surface area (Å²) < 4.78 is 38.8. The fourth-order valence-corrected chi connectivity index (χ4v) is 2.81. The fourth-order valence-electron chi connectivity index (χ4n) is 2.81. The molecule has 1 aromatic rings. The third-order valence-corrected chi connectivity index (χ3v) is 3.92. The largest absolute Gasteiger partial charge is 0.480 e. The normalized spacial score (nSPS) is 17.9. The predicted molar refractivity (Wildman–Crippen MR) is 69.0 cm³/mol. The van der Waals surface area contributed by atoms with Crippen molar-refractivity contribution in [3.63, 3.8) is 0 Å². The molecule has 0 radical (unpaired) electrons. The van der Waals surface area contributed by atoms with Gasteiger partial charge in [-0.1, -0.05) is 25.7 Å². The van der Waals surface area contributed by atoms with Crippen molar-refractivity contribution in [2.45, 2.75) is 44.3 Å². The molecule has 1 aromatic heterocycles. The number of alkyl halides is 3. The molecule has 1 fully saturated rings. The van der Waals surface area contributed by atoms with Crippen LogP contribution in [0.5, 0.6) is 0 Å². The highest BCUT2D eigenvalue weighted by atomic mass is 19.4. The van der Waals surface area contributed by atoms with E-state index in [0.29, 0.717) is 16.8 Å². The first-order valence-corrected chi connectivity index (χ1v) is 6.81. The zero-order chi connectivity index (χ0) is 15.6. The number of carboxylic acid groups (broad SMARTS) is 1. The molecule has 0 bridgehead atoms. The third kappa shape index (κ3) is 3.65. The number of aliphatic carboxylic acids is 1. The lowest BCUT2D eigenvalue weighted by atomic mass is 9.98. The SMILES string of the molecule is O=C(O)[C@H](CC1CCCC1)n1cc(C(F)(F)F)ccc1=O. The first-order valence-electron chi connectivity index (χ1n) is 6.81. The molecule has 1 aliphatic carbocycles. The van der Waals surface area contributed by atoms with Crippen LogP contribution in [0.25, 0.3) is 0 Å². The quantitative estimate of drug-likeness (QED) is 0.930. The number of halogens is 3. The van der Waals surface area contributed by atoms with E-state index in [1.165, 1.54) is 0 Å². The molecule has 0 spiro atoms. The van der Waals surface area contributed by atoms with Gasteiger partial charge in [0.15, 0.2) is 0 Å². The van der Waals surface area contributed by atoms with Crippen LogP contribution in [0.4, 0.5) is 13.2 Å². The standard InChI is InChI=1S/C14H16F3NO3/c15-14(16,17)10-5-6-12(19)18(8-10)11(13(20)21)7-9-3-1-2-4-9/h5-6,8-9,11H,1-4,7H2,(H,20,21)/t11-/m0/s1. The van der Waals surface area contributed by atoms with E-state index in [4.69, 9.17) is 0 Å². The molecule has 0 unspecified atom stereocenters. The summed E-state index contributed by atoms with van der Waals surface area (Å²) in [5.41, 5.74) is -1.74. The number of carbonyl (C=O) groups is 1. The highest BCUT2D eigenvalue weighted by Gasteiger charge is 2.33. The molecule has 1 saturated carbocycles. The minimum Gasteiger partial charge on any atom is -0.480 e. The van der Waals surface area contributed by atoms with Crippen LogP contribution in [0.15, 0.2) is 23.1 Å². The Morgan fingerprint density at radius 3 is 2.48 bits per heavy atom. The van der Waals surface area contributed by atoms with Gasteiger partial charge in [0, 0.05) is 12.3 Å². The smallest absolute Gasteiger partial charge is 0.417 e. The Kier molecular flexibility index (Phi) is 4.39. The minimum atomic E-state index is -4.61. The zero-order valence-corrected chi connectivity index (χ0v) is 11.3. The van der Waals surface area contributed by atoms with E-state index >= 15 is 0 Å². The maximum absolute atomic E-state index is 12.7. The summed E-state index contributed by atoms with van der Waals surface area (Å²) in [4.78, 5) is 23.1. The minimum absolute atomic E-state index is 0.146. The number of carboxylic acids is 1. The van der Waals surface area contributed by atoms with Crippen molar-refractivity contribution in [1.29, 1.82) is 0 Å². The summed E-state index contributed by atoms with van der Waals surface area (Å²) in [5, 5.41) is 9.26. The number of rotatable bonds is 4. The lowest BCUT2D eigenvalue weighted by molar-refractivity contribution is -0.143. The molecule has 7 heteroatoms. The third-order valence-electron chi connectivity index (χ3n) is 3.92. The first kappa shape index (κ1) is 15.6. The van der Waals surface area contributed by atoms with E-state index in [1.54, 1.807) is 0 Å². The molecule has 1 atom stereocenters. The van der Waals surface area contributed by atoms with Gasteiger partial charge in [0.05, 0.1) is 5.56 Å². The average molecular weight is 303 g/mol. The molecular weight excluding hydrogens is 287 g/mol. The molecule has 116 valence electrons. The van der Waals surface area contributed by atoms with Gasteiger partial charge in [-0.15, -0.1) is 0 Å². The molecule has 0 amide bonds. The predicted octanol–water partition coefficient (Wildman–Crippen LogP) is 3.07. The molecule has 0 saturated heterocycles. The number of nitrogens with zero attached hydrogens (tertiary/aromatic N) is 1. The highest BCUT2D eigenvalue weighted by Crippen LogP contribution is 2.33. The lowest BCUT2D eigenvalue weighted by Crippen LogP contribution is -2.31. The van der Waals surface area contributed by atoms with Crippen LogP contribution in [0.3, 0.4) is 0 Å². The van der Waals surface area contributed by atoms with E-state index < -0.39 is 29.3 Å². The van der Waals surface area contributed by atoms with Gasteiger partial charge in [0.25, 0.3) is 5.56 Å². The summed E-state index contributed by atoms with van der Waals surface area (Å²) in [5.74, 6) is -1.13. The topological polar surface area (TPSA) is 59.3 Å². The molecule has 2 rings (SSSR count). The van der Waals surface area contributed by atoms with Gasteiger partial charge < -0.3 is 9.67 Å². The second-order valence-corrected chi connectivity index (χ2v) is 5.40. The molecule has 21 heavy (non-hydrogen) atoms. The van der Waals surface area contributed by atoms with E-state index in [0.717, 1.165) is 31.7 Å². The van der Waals surface area contributed by atoms with Crippen molar-refractivity contribution in [2.24, 2.45) is 5.92 Å². The van der Waals surface area contributed by atoms with Crippen LogP contribution in [-0.4, -0.2) is 15.6 Å². The van der Waals surface area contributed by atoms with Crippen LogP contribution in [-0.2, 0) is 11.0 Å². The second kappa shape index (κ2) is 5.91. The summed E-state index contributed by atoms with van der Waals surface area (Å²) in [6.07, 6.45) is -0.101. The van der Waals surface area contributed by atoms with Gasteiger partial charge in [0.1, 0.15) is 6.04 Å². The van der Waals surface area contributed by atoms with E-state index in [9.17, 15) is 27.9 Å². The summed E-state index contributed by atoms with van der Waals surface area (Å²) >= 11 is 0. The second-order valence-electron chi connectivity index (χ2n) is 5.40. The number of hydrogen-bond donors (Lipinski definition) is 1. The van der Waals surface area contributed by atoms with Crippen LogP contribution < -0.4 is 5.56 Å². The Morgan fingerprint density at radius 1 is 1.33 bits per heavy atom. The Labute approximate surface area is 119 Å². The van der Waals surface area contributed by atoms with Crippen molar-refractivity contribution in [2.75, 3.05) is 0 Å². The summed E-state index contributed by atoms with van der Waals surface area (Å²) in [6, 6.07) is 0.198. The Morgan fingerprint density at radius 2 is 1.95 bits per heavy atom. The van der Waals surface area contributed by atoms with Crippen molar-refractivity contribution >= 4 is 5.97 Å². The van der Waals surface area contributed by atoms with Crippen molar-refractivity contribution in [3.8, 4) is 0 Å². The van der Waals surface area contributed by atoms with Gasteiger partial charge in [-0.05, 0) is 18.4 Å². The molecule has 0 aliphatic heterocycles. The Bertz CT molecular complexity index is 574. The van der Waals surface area contributed by atoms with Crippen LogP contribution in [0.2, 0.25) is 0 Å². The maximum atomic E-state index is 12.7. The van der Waals surface area contributed by atoms with Gasteiger partial charge in [-0.3, -0.25) is 4.79 Å². The Hall–Kier alpha value is -1.79. The molecular formula is C14H16F3NO3. The number of aromatic nitrogens is 1. The van der Waals surface area contributed by atoms with E-state index in [-0.39, 0.29) is 12.3 Å².